The molecule has 0 aromatic carbocycles. The Bertz CT molecular complexity index is 106. The predicted octanol–water partition coefficient (Wildman–Crippen LogP) is 0.0954. The molecule has 1 heterocycles. The SMILES string of the molecule is C[C@H](O)[C@@H]1CCCCN1N. The Balaban J connectivity index is 2.40. The fourth-order valence-electron chi connectivity index (χ4n) is 1.50. The molecule has 1 aliphatic heterocycles. The van der Waals surface area contributed by atoms with Crippen LogP contribution in [0.15, 0.2) is 0 Å². The van der Waals surface area contributed by atoms with Gasteiger partial charge in [0.25, 0.3) is 0 Å². The average Bonchev–Trinajstić information content (AvgIpc) is 1.88. The van der Waals surface area contributed by atoms with Crippen molar-refractivity contribution in [2.24, 2.45) is 5.84 Å². The van der Waals surface area contributed by atoms with Gasteiger partial charge in [-0.05, 0) is 19.8 Å². The lowest BCUT2D eigenvalue weighted by molar-refractivity contribution is 0.0364. The zero-order valence-corrected chi connectivity index (χ0v) is 6.45. The van der Waals surface area contributed by atoms with Crippen molar-refractivity contribution in [3.05, 3.63) is 0 Å². The van der Waals surface area contributed by atoms with Gasteiger partial charge in [-0.2, -0.15) is 0 Å². The van der Waals surface area contributed by atoms with Gasteiger partial charge in [-0.1, -0.05) is 6.42 Å². The van der Waals surface area contributed by atoms with Crippen molar-refractivity contribution < 1.29 is 5.11 Å². The molecule has 3 heteroatoms. The third-order valence-electron chi connectivity index (χ3n) is 2.15. The highest BCUT2D eigenvalue weighted by Gasteiger charge is 2.23. The number of nitrogens with zero attached hydrogens (tertiary/aromatic N) is 1. The Labute approximate surface area is 61.8 Å². The standard InChI is InChI=1S/C7H16N2O/c1-6(10)7-4-2-3-5-9(7)8/h6-7,10H,2-5,8H2,1H3/t6-,7-/m0/s1. The molecule has 1 fully saturated rings. The fraction of sp³-hybridized carbons (Fsp3) is 1.00. The first kappa shape index (κ1) is 7.98. The molecule has 10 heavy (non-hydrogen) atoms. The number of rotatable bonds is 1. The summed E-state index contributed by atoms with van der Waals surface area (Å²) in [5, 5.41) is 11.0. The van der Waals surface area contributed by atoms with Crippen LogP contribution >= 0.6 is 0 Å². The van der Waals surface area contributed by atoms with E-state index >= 15 is 0 Å². The van der Waals surface area contributed by atoms with Gasteiger partial charge in [-0.25, -0.2) is 5.01 Å². The topological polar surface area (TPSA) is 49.5 Å². The third-order valence-corrected chi connectivity index (χ3v) is 2.15. The Morgan fingerprint density at radius 3 is 2.70 bits per heavy atom. The lowest BCUT2D eigenvalue weighted by atomic mass is 10.0. The zero-order chi connectivity index (χ0) is 7.56. The smallest absolute Gasteiger partial charge is 0.0681 e. The maximum Gasteiger partial charge on any atom is 0.0681 e. The predicted molar refractivity (Wildman–Crippen MR) is 40.2 cm³/mol. The number of aliphatic hydroxyl groups excluding tert-OH is 1. The molecule has 60 valence electrons. The van der Waals surface area contributed by atoms with E-state index in [4.69, 9.17) is 5.84 Å². The van der Waals surface area contributed by atoms with Crippen molar-refractivity contribution in [3.8, 4) is 0 Å². The van der Waals surface area contributed by atoms with E-state index in [2.05, 4.69) is 0 Å². The summed E-state index contributed by atoms with van der Waals surface area (Å²) in [7, 11) is 0. The summed E-state index contributed by atoms with van der Waals surface area (Å²) >= 11 is 0. The second-order valence-corrected chi connectivity index (χ2v) is 3.04. The van der Waals surface area contributed by atoms with Gasteiger partial charge in [0.2, 0.25) is 0 Å². The van der Waals surface area contributed by atoms with Gasteiger partial charge in [0.1, 0.15) is 0 Å². The normalized spacial score (nSPS) is 32.1. The minimum atomic E-state index is -0.287. The molecule has 1 rings (SSSR count). The number of hydrogen-bond donors (Lipinski definition) is 2. The average molecular weight is 144 g/mol. The van der Waals surface area contributed by atoms with Crippen molar-refractivity contribution in [1.82, 2.24) is 5.01 Å². The maximum absolute atomic E-state index is 9.23. The van der Waals surface area contributed by atoms with Gasteiger partial charge in [0, 0.05) is 12.6 Å². The fourth-order valence-corrected chi connectivity index (χ4v) is 1.50. The second-order valence-electron chi connectivity index (χ2n) is 3.04. The zero-order valence-electron chi connectivity index (χ0n) is 6.45. The van der Waals surface area contributed by atoms with E-state index in [1.54, 1.807) is 11.9 Å². The summed E-state index contributed by atoms with van der Waals surface area (Å²) < 4.78 is 0. The van der Waals surface area contributed by atoms with E-state index in [1.807, 2.05) is 0 Å². The van der Waals surface area contributed by atoms with Crippen LogP contribution in [-0.4, -0.2) is 28.8 Å². The largest absolute Gasteiger partial charge is 0.392 e. The first-order valence-electron chi connectivity index (χ1n) is 3.91. The van der Waals surface area contributed by atoms with Crippen LogP contribution in [0.1, 0.15) is 26.2 Å². The molecule has 0 radical (unpaired) electrons. The highest BCUT2D eigenvalue weighted by atomic mass is 16.3. The summed E-state index contributed by atoms with van der Waals surface area (Å²) in [5.41, 5.74) is 0. The summed E-state index contributed by atoms with van der Waals surface area (Å²) in [6.07, 6.45) is 3.11. The van der Waals surface area contributed by atoms with Crippen LogP contribution in [0.3, 0.4) is 0 Å². The molecule has 0 aromatic heterocycles. The number of aliphatic hydroxyl groups is 1. The van der Waals surface area contributed by atoms with Crippen molar-refractivity contribution in [1.29, 1.82) is 0 Å². The Hall–Kier alpha value is -0.120. The van der Waals surface area contributed by atoms with Gasteiger partial charge in [0.15, 0.2) is 0 Å². The van der Waals surface area contributed by atoms with Crippen LogP contribution in [0.2, 0.25) is 0 Å². The molecule has 0 aromatic rings. The molecule has 3 nitrogen and oxygen atoms in total. The van der Waals surface area contributed by atoms with E-state index in [-0.39, 0.29) is 12.1 Å². The minimum absolute atomic E-state index is 0.189. The van der Waals surface area contributed by atoms with Crippen molar-refractivity contribution >= 4 is 0 Å². The summed E-state index contributed by atoms with van der Waals surface area (Å²) in [6, 6.07) is 0.189. The van der Waals surface area contributed by atoms with E-state index in [0.717, 1.165) is 13.0 Å². The van der Waals surface area contributed by atoms with Crippen LogP contribution in [0.4, 0.5) is 0 Å². The molecule has 0 amide bonds. The summed E-state index contributed by atoms with van der Waals surface area (Å²) in [6.45, 7) is 2.73. The quantitative estimate of drug-likeness (QED) is 0.513. The lowest BCUT2D eigenvalue weighted by Gasteiger charge is -2.33. The van der Waals surface area contributed by atoms with Crippen LogP contribution in [0, 0.1) is 0 Å². The van der Waals surface area contributed by atoms with E-state index in [9.17, 15) is 5.11 Å². The van der Waals surface area contributed by atoms with Crippen LogP contribution in [0.5, 0.6) is 0 Å². The molecule has 0 unspecified atom stereocenters. The first-order valence-corrected chi connectivity index (χ1v) is 3.91. The van der Waals surface area contributed by atoms with E-state index in [0.29, 0.717) is 0 Å². The monoisotopic (exact) mass is 144 g/mol. The van der Waals surface area contributed by atoms with Crippen LogP contribution in [-0.2, 0) is 0 Å². The van der Waals surface area contributed by atoms with Crippen molar-refractivity contribution in [2.75, 3.05) is 6.54 Å². The number of nitrogens with two attached hydrogens (primary N) is 1. The highest BCUT2D eigenvalue weighted by molar-refractivity contribution is 4.76. The lowest BCUT2D eigenvalue weighted by Crippen LogP contribution is -2.49. The Kier molecular flexibility index (Phi) is 2.65. The first-order chi connectivity index (χ1) is 4.72. The van der Waals surface area contributed by atoms with E-state index < -0.39 is 0 Å². The molecule has 2 atom stereocenters. The Morgan fingerprint density at radius 2 is 2.30 bits per heavy atom. The maximum atomic E-state index is 9.23. The number of hydrogen-bond acceptors (Lipinski definition) is 3. The number of hydrazine groups is 1. The van der Waals surface area contributed by atoms with Gasteiger partial charge in [0.05, 0.1) is 6.10 Å². The van der Waals surface area contributed by atoms with Gasteiger partial charge >= 0.3 is 0 Å². The second kappa shape index (κ2) is 3.32. The molecule has 0 saturated carbocycles. The van der Waals surface area contributed by atoms with Crippen LogP contribution in [0.25, 0.3) is 0 Å². The van der Waals surface area contributed by atoms with Crippen molar-refractivity contribution in [3.63, 3.8) is 0 Å². The molecule has 0 spiro atoms. The minimum Gasteiger partial charge on any atom is -0.392 e. The van der Waals surface area contributed by atoms with Crippen molar-refractivity contribution in [2.45, 2.75) is 38.3 Å². The Morgan fingerprint density at radius 1 is 1.60 bits per heavy atom. The van der Waals surface area contributed by atoms with Gasteiger partial charge < -0.3 is 5.11 Å². The molecule has 1 aliphatic rings. The summed E-state index contributed by atoms with van der Waals surface area (Å²) in [5.74, 6) is 5.65. The highest BCUT2D eigenvalue weighted by Crippen LogP contribution is 2.15. The molecule has 0 aliphatic carbocycles. The summed E-state index contributed by atoms with van der Waals surface area (Å²) in [4.78, 5) is 0. The molecule has 1 saturated heterocycles. The number of piperidine rings is 1. The molecule has 0 bridgehead atoms. The molecular weight excluding hydrogens is 128 g/mol. The molecule has 3 N–H and O–H groups in total. The van der Waals surface area contributed by atoms with Gasteiger partial charge in [-0.3, -0.25) is 5.84 Å². The third kappa shape index (κ3) is 1.68. The van der Waals surface area contributed by atoms with E-state index in [1.165, 1.54) is 12.8 Å². The molecular formula is C7H16N2O. The van der Waals surface area contributed by atoms with Crippen LogP contribution < -0.4 is 5.84 Å². The van der Waals surface area contributed by atoms with Gasteiger partial charge in [-0.15, -0.1) is 0 Å².